The summed E-state index contributed by atoms with van der Waals surface area (Å²) in [7, 11) is 0. The van der Waals surface area contributed by atoms with Crippen molar-refractivity contribution in [3.05, 3.63) is 136 Å². The molecule has 0 aliphatic carbocycles. The Morgan fingerprint density at radius 2 is 1.60 bits per heavy atom. The van der Waals surface area contributed by atoms with E-state index in [9.17, 15) is 4.79 Å². The summed E-state index contributed by atoms with van der Waals surface area (Å²) in [6, 6.07) is 35.5. The second-order valence-electron chi connectivity index (χ2n) is 10.3. The maximum absolute atomic E-state index is 14.3. The number of carbonyl (C=O) groups excluding carboxylic acids is 1. The number of aryl methyl sites for hydroxylation is 1. The monoisotopic (exact) mass is 626 g/mol. The van der Waals surface area contributed by atoms with Gasteiger partial charge in [-0.3, -0.25) is 4.79 Å². The quantitative estimate of drug-likeness (QED) is 0.167. The van der Waals surface area contributed by atoms with Gasteiger partial charge >= 0.3 is 0 Å². The zero-order chi connectivity index (χ0) is 29.2. The first-order valence-corrected chi connectivity index (χ1v) is 15.1. The Morgan fingerprint density at radius 3 is 2.31 bits per heavy atom. The van der Waals surface area contributed by atoms with E-state index in [2.05, 4.69) is 33.4 Å². The fourth-order valence-corrected chi connectivity index (χ4v) is 5.56. The molecule has 1 aliphatic heterocycles. The molecule has 5 rings (SSSR count). The van der Waals surface area contributed by atoms with Crippen molar-refractivity contribution in [1.29, 1.82) is 0 Å². The first kappa shape index (κ1) is 29.5. The van der Waals surface area contributed by atoms with Crippen LogP contribution in [0, 0.1) is 0 Å². The molecule has 0 aromatic heterocycles. The fraction of sp³-hybridized carbons (Fsp3) is 0.257. The standard InChI is InChI=1S/C35H35BrN2O4/c36-31-17-8-7-16-29(31)25-35(34(40)37-22-9-13-26-11-3-1-4-12-26)32(27-14-5-2-6-15-27)42-33(38-35)28-18-20-30(21-19-28)41-24-10-23-39/h1-8,11-12,14-21,32,39H,9-10,13,22-25H2,(H,37,40)/t32-,35-/m1/s1. The Hall–Kier alpha value is -3.94. The maximum atomic E-state index is 14.3. The molecule has 0 bridgehead atoms. The van der Waals surface area contributed by atoms with Crippen molar-refractivity contribution in [1.82, 2.24) is 5.32 Å². The highest BCUT2D eigenvalue weighted by molar-refractivity contribution is 9.10. The van der Waals surface area contributed by atoms with Crippen LogP contribution >= 0.6 is 15.9 Å². The van der Waals surface area contributed by atoms with E-state index in [1.54, 1.807) is 0 Å². The predicted octanol–water partition coefficient (Wildman–Crippen LogP) is 6.46. The van der Waals surface area contributed by atoms with Crippen LogP contribution in [-0.2, 0) is 22.4 Å². The van der Waals surface area contributed by atoms with Gasteiger partial charge in [0.05, 0.1) is 6.61 Å². The summed E-state index contributed by atoms with van der Waals surface area (Å²) < 4.78 is 13.2. The third-order valence-corrected chi connectivity index (χ3v) is 8.09. The first-order chi connectivity index (χ1) is 20.6. The number of aliphatic hydroxyl groups is 1. The number of rotatable bonds is 13. The van der Waals surface area contributed by atoms with Gasteiger partial charge in [0.2, 0.25) is 5.90 Å². The molecule has 6 nitrogen and oxygen atoms in total. The minimum atomic E-state index is -1.23. The fourth-order valence-electron chi connectivity index (χ4n) is 5.13. The Balaban J connectivity index is 1.47. The highest BCUT2D eigenvalue weighted by Gasteiger charge is 2.53. The molecule has 7 heteroatoms. The van der Waals surface area contributed by atoms with Crippen molar-refractivity contribution in [3.63, 3.8) is 0 Å². The van der Waals surface area contributed by atoms with Gasteiger partial charge in [-0.15, -0.1) is 0 Å². The smallest absolute Gasteiger partial charge is 0.252 e. The third kappa shape index (κ3) is 7.09. The number of ether oxygens (including phenoxy) is 2. The van der Waals surface area contributed by atoms with Crippen LogP contribution in [0.2, 0.25) is 0 Å². The lowest BCUT2D eigenvalue weighted by atomic mass is 9.82. The zero-order valence-electron chi connectivity index (χ0n) is 23.4. The van der Waals surface area contributed by atoms with Gasteiger partial charge in [0.1, 0.15) is 5.75 Å². The van der Waals surface area contributed by atoms with Crippen molar-refractivity contribution in [3.8, 4) is 5.75 Å². The number of carbonyl (C=O) groups is 1. The topological polar surface area (TPSA) is 80.2 Å². The largest absolute Gasteiger partial charge is 0.494 e. The number of nitrogens with one attached hydrogen (secondary N) is 1. The highest BCUT2D eigenvalue weighted by Crippen LogP contribution is 2.43. The van der Waals surface area contributed by atoms with Crippen molar-refractivity contribution >= 4 is 27.7 Å². The molecule has 2 atom stereocenters. The van der Waals surface area contributed by atoms with Gasteiger partial charge < -0.3 is 19.9 Å². The molecular formula is C35H35BrN2O4. The molecule has 0 radical (unpaired) electrons. The number of aliphatic hydroxyl groups excluding tert-OH is 1. The van der Waals surface area contributed by atoms with E-state index in [-0.39, 0.29) is 12.5 Å². The van der Waals surface area contributed by atoms with E-state index in [4.69, 9.17) is 19.6 Å². The lowest BCUT2D eigenvalue weighted by Gasteiger charge is -2.31. The van der Waals surface area contributed by atoms with Crippen molar-refractivity contribution < 1.29 is 19.4 Å². The van der Waals surface area contributed by atoms with E-state index >= 15 is 0 Å². The van der Waals surface area contributed by atoms with Gasteiger partial charge in [-0.25, -0.2) is 4.99 Å². The normalized spacial score (nSPS) is 17.8. The highest BCUT2D eigenvalue weighted by atomic mass is 79.9. The van der Waals surface area contributed by atoms with Gasteiger partial charge in [0.25, 0.3) is 5.91 Å². The molecule has 1 amide bonds. The minimum absolute atomic E-state index is 0.0809. The van der Waals surface area contributed by atoms with E-state index in [1.165, 1.54) is 5.56 Å². The van der Waals surface area contributed by atoms with Gasteiger partial charge in [-0.1, -0.05) is 94.8 Å². The molecule has 0 saturated heterocycles. The summed E-state index contributed by atoms with van der Waals surface area (Å²) >= 11 is 3.69. The molecule has 0 fully saturated rings. The average Bonchev–Trinajstić information content (AvgIpc) is 3.42. The molecule has 42 heavy (non-hydrogen) atoms. The molecule has 1 heterocycles. The van der Waals surface area contributed by atoms with E-state index in [0.717, 1.165) is 34.0 Å². The second-order valence-corrected chi connectivity index (χ2v) is 11.2. The van der Waals surface area contributed by atoms with Crippen LogP contribution in [0.5, 0.6) is 5.75 Å². The van der Waals surface area contributed by atoms with Crippen LogP contribution in [-0.4, -0.2) is 42.2 Å². The summed E-state index contributed by atoms with van der Waals surface area (Å²) in [5.41, 5.74) is 2.62. The van der Waals surface area contributed by atoms with Crippen LogP contribution in [0.3, 0.4) is 0 Å². The Bertz CT molecular complexity index is 1480. The number of nitrogens with zero attached hydrogens (tertiary/aromatic N) is 1. The number of aliphatic imine (C=N–C) groups is 1. The van der Waals surface area contributed by atoms with Gasteiger partial charge in [0, 0.05) is 36.0 Å². The van der Waals surface area contributed by atoms with E-state index in [1.807, 2.05) is 97.1 Å². The molecule has 0 unspecified atom stereocenters. The van der Waals surface area contributed by atoms with Crippen LogP contribution < -0.4 is 10.1 Å². The van der Waals surface area contributed by atoms with Gasteiger partial charge in [0.15, 0.2) is 11.6 Å². The lowest BCUT2D eigenvalue weighted by molar-refractivity contribution is -0.128. The minimum Gasteiger partial charge on any atom is -0.494 e. The molecule has 4 aromatic rings. The molecule has 1 aliphatic rings. The number of hydrogen-bond acceptors (Lipinski definition) is 5. The number of amides is 1. The molecule has 4 aromatic carbocycles. The van der Waals surface area contributed by atoms with Crippen molar-refractivity contribution in [2.45, 2.75) is 37.3 Å². The van der Waals surface area contributed by atoms with Crippen molar-refractivity contribution in [2.75, 3.05) is 19.8 Å². The third-order valence-electron chi connectivity index (χ3n) is 7.32. The Kier molecular flexibility index (Phi) is 10.1. The second kappa shape index (κ2) is 14.3. The van der Waals surface area contributed by atoms with Crippen LogP contribution in [0.4, 0.5) is 0 Å². The summed E-state index contributed by atoms with van der Waals surface area (Å²) in [5.74, 6) is 0.942. The van der Waals surface area contributed by atoms with E-state index < -0.39 is 11.6 Å². The summed E-state index contributed by atoms with van der Waals surface area (Å²) in [6.45, 7) is 1.04. The summed E-state index contributed by atoms with van der Waals surface area (Å²) in [6.07, 6.45) is 1.97. The average molecular weight is 628 g/mol. The summed E-state index contributed by atoms with van der Waals surface area (Å²) in [4.78, 5) is 19.4. The van der Waals surface area contributed by atoms with Crippen LogP contribution in [0.1, 0.15) is 41.2 Å². The van der Waals surface area contributed by atoms with Gasteiger partial charge in [-0.05, 0) is 59.9 Å². The molecule has 0 spiro atoms. The predicted molar refractivity (Wildman–Crippen MR) is 169 cm³/mol. The van der Waals surface area contributed by atoms with Crippen molar-refractivity contribution in [2.24, 2.45) is 4.99 Å². The Morgan fingerprint density at radius 1 is 0.905 bits per heavy atom. The maximum Gasteiger partial charge on any atom is 0.252 e. The SMILES string of the molecule is O=C(NCCCc1ccccc1)[C@]1(Cc2ccccc2Br)N=C(c2ccc(OCCCO)cc2)O[C@@H]1c1ccccc1. The zero-order valence-corrected chi connectivity index (χ0v) is 25.0. The Labute approximate surface area is 255 Å². The number of halogens is 1. The molecule has 0 saturated carbocycles. The molecule has 216 valence electrons. The molecular weight excluding hydrogens is 592 g/mol. The van der Waals surface area contributed by atoms with E-state index in [0.29, 0.717) is 37.6 Å². The summed E-state index contributed by atoms with van der Waals surface area (Å²) in [5, 5.41) is 12.2. The lowest BCUT2D eigenvalue weighted by Crippen LogP contribution is -2.50. The molecule has 2 N–H and O–H groups in total. The van der Waals surface area contributed by atoms with Crippen LogP contribution in [0.15, 0.2) is 119 Å². The number of benzene rings is 4. The number of hydrogen-bond donors (Lipinski definition) is 2. The van der Waals surface area contributed by atoms with Crippen LogP contribution in [0.25, 0.3) is 0 Å². The van der Waals surface area contributed by atoms with Gasteiger partial charge in [-0.2, -0.15) is 0 Å². The first-order valence-electron chi connectivity index (χ1n) is 14.3.